The zero-order chi connectivity index (χ0) is 20.5. The zero-order valence-corrected chi connectivity index (χ0v) is 15.9. The molecule has 0 bridgehead atoms. The Hall–Kier alpha value is -3.81. The molecule has 0 aliphatic heterocycles. The number of carbonyl (C=O) groups excluding carboxylic acids is 1. The molecule has 2 heterocycles. The molecular weight excluding hydrogens is 373 g/mol. The van der Waals surface area contributed by atoms with Crippen molar-refractivity contribution in [2.45, 2.75) is 20.4 Å². The molecule has 1 N–H and O–H groups in total. The van der Waals surface area contributed by atoms with Gasteiger partial charge in [0, 0.05) is 5.69 Å². The fourth-order valence-corrected chi connectivity index (χ4v) is 3.20. The Kier molecular flexibility index (Phi) is 4.67. The van der Waals surface area contributed by atoms with Crippen LogP contribution in [-0.4, -0.2) is 25.2 Å². The first-order valence-corrected chi connectivity index (χ1v) is 8.98. The highest BCUT2D eigenvalue weighted by molar-refractivity contribution is 5.90. The van der Waals surface area contributed by atoms with Crippen LogP contribution < -0.4 is 10.9 Å². The number of nitrogens with zero attached hydrogens (tertiary/aromatic N) is 4. The minimum Gasteiger partial charge on any atom is -0.324 e. The van der Waals surface area contributed by atoms with Gasteiger partial charge in [-0.2, -0.15) is 5.10 Å². The van der Waals surface area contributed by atoms with Crippen molar-refractivity contribution in [1.82, 2.24) is 19.3 Å². The van der Waals surface area contributed by atoms with Crippen molar-refractivity contribution in [2.75, 3.05) is 5.32 Å². The average molecular weight is 391 g/mol. The van der Waals surface area contributed by atoms with Crippen molar-refractivity contribution >= 4 is 22.6 Å². The lowest BCUT2D eigenvalue weighted by Crippen LogP contribution is -2.27. The van der Waals surface area contributed by atoms with Gasteiger partial charge in [0.05, 0.1) is 11.9 Å². The van der Waals surface area contributed by atoms with E-state index in [0.717, 1.165) is 16.8 Å². The first-order chi connectivity index (χ1) is 13.9. The summed E-state index contributed by atoms with van der Waals surface area (Å²) in [4.78, 5) is 29.4. The summed E-state index contributed by atoms with van der Waals surface area (Å²) in [6.45, 7) is 3.73. The van der Waals surface area contributed by atoms with Gasteiger partial charge in [0.25, 0.3) is 5.56 Å². The van der Waals surface area contributed by atoms with Gasteiger partial charge < -0.3 is 5.32 Å². The van der Waals surface area contributed by atoms with Crippen molar-refractivity contribution in [3.63, 3.8) is 0 Å². The van der Waals surface area contributed by atoms with Crippen LogP contribution in [0.1, 0.15) is 11.1 Å². The summed E-state index contributed by atoms with van der Waals surface area (Å²) in [6, 6.07) is 11.5. The number of nitrogens with one attached hydrogen (secondary N) is 1. The van der Waals surface area contributed by atoms with E-state index in [2.05, 4.69) is 15.4 Å². The number of aryl methyl sites for hydroxylation is 2. The van der Waals surface area contributed by atoms with Crippen molar-refractivity contribution in [3.8, 4) is 5.69 Å². The Morgan fingerprint density at radius 1 is 1.17 bits per heavy atom. The Balaban J connectivity index is 1.63. The highest BCUT2D eigenvalue weighted by atomic mass is 19.1. The number of halogens is 1. The second-order valence-corrected chi connectivity index (χ2v) is 6.82. The zero-order valence-electron chi connectivity index (χ0n) is 15.9. The van der Waals surface area contributed by atoms with E-state index in [1.54, 1.807) is 10.7 Å². The molecule has 0 unspecified atom stereocenters. The summed E-state index contributed by atoms with van der Waals surface area (Å²) in [7, 11) is 0. The van der Waals surface area contributed by atoms with Gasteiger partial charge in [0.2, 0.25) is 5.91 Å². The lowest BCUT2D eigenvalue weighted by Gasteiger charge is -2.09. The molecule has 0 aliphatic rings. The molecule has 1 amide bonds. The van der Waals surface area contributed by atoms with Gasteiger partial charge in [-0.3, -0.25) is 14.2 Å². The molecule has 4 aromatic rings. The normalized spacial score (nSPS) is 11.0. The third kappa shape index (κ3) is 3.64. The highest BCUT2D eigenvalue weighted by Crippen LogP contribution is 2.18. The van der Waals surface area contributed by atoms with Gasteiger partial charge in [0.1, 0.15) is 24.1 Å². The predicted molar refractivity (Wildman–Crippen MR) is 108 cm³/mol. The van der Waals surface area contributed by atoms with E-state index in [1.165, 1.54) is 35.3 Å². The smallest absolute Gasteiger partial charge is 0.264 e. The molecule has 0 saturated carbocycles. The van der Waals surface area contributed by atoms with Crippen LogP contribution in [0.3, 0.4) is 0 Å². The van der Waals surface area contributed by atoms with Crippen LogP contribution in [0.2, 0.25) is 0 Å². The van der Waals surface area contributed by atoms with Gasteiger partial charge in [-0.25, -0.2) is 14.1 Å². The molecule has 146 valence electrons. The van der Waals surface area contributed by atoms with E-state index >= 15 is 0 Å². The van der Waals surface area contributed by atoms with Gasteiger partial charge in [0.15, 0.2) is 5.65 Å². The number of hydrogen-bond acceptors (Lipinski definition) is 4. The molecule has 29 heavy (non-hydrogen) atoms. The third-order valence-electron chi connectivity index (χ3n) is 4.56. The van der Waals surface area contributed by atoms with Gasteiger partial charge >= 0.3 is 0 Å². The lowest BCUT2D eigenvalue weighted by atomic mass is 10.1. The summed E-state index contributed by atoms with van der Waals surface area (Å²) in [5.74, 6) is -0.914. The maximum atomic E-state index is 13.3. The number of carbonyl (C=O) groups is 1. The Labute approximate surface area is 165 Å². The lowest BCUT2D eigenvalue weighted by molar-refractivity contribution is -0.116. The Bertz CT molecular complexity index is 1290. The highest BCUT2D eigenvalue weighted by Gasteiger charge is 2.14. The fourth-order valence-electron chi connectivity index (χ4n) is 3.20. The van der Waals surface area contributed by atoms with Gasteiger partial charge in [-0.05, 0) is 43.7 Å². The fraction of sp³-hybridized carbons (Fsp3) is 0.143. The standard InChI is InChI=1S/C21H18FN5O2/c1-13-6-7-18(14(2)8-13)27-20-17(10-24-27)21(29)26(12-23-20)11-19(28)25-16-5-3-4-15(22)9-16/h3-10,12H,11H2,1-2H3,(H,25,28). The topological polar surface area (TPSA) is 81.8 Å². The second kappa shape index (κ2) is 7.31. The summed E-state index contributed by atoms with van der Waals surface area (Å²) in [5, 5.41) is 7.19. The van der Waals surface area contributed by atoms with E-state index in [1.807, 2.05) is 32.0 Å². The Morgan fingerprint density at radius 2 is 2.00 bits per heavy atom. The molecule has 7 nitrogen and oxygen atoms in total. The Morgan fingerprint density at radius 3 is 2.76 bits per heavy atom. The van der Waals surface area contributed by atoms with Crippen LogP contribution in [0.15, 0.2) is 59.8 Å². The number of amides is 1. The van der Waals surface area contributed by atoms with E-state index < -0.39 is 11.7 Å². The summed E-state index contributed by atoms with van der Waals surface area (Å²) < 4.78 is 16.1. The maximum Gasteiger partial charge on any atom is 0.264 e. The van der Waals surface area contributed by atoms with Crippen molar-refractivity contribution < 1.29 is 9.18 Å². The first-order valence-electron chi connectivity index (χ1n) is 8.98. The third-order valence-corrected chi connectivity index (χ3v) is 4.56. The molecule has 0 fully saturated rings. The summed E-state index contributed by atoms with van der Waals surface area (Å²) in [5.41, 5.74) is 3.33. The monoisotopic (exact) mass is 391 g/mol. The van der Waals surface area contributed by atoms with Crippen LogP contribution in [0.5, 0.6) is 0 Å². The number of rotatable bonds is 4. The number of anilines is 1. The number of aromatic nitrogens is 4. The minimum absolute atomic E-state index is 0.243. The van der Waals surface area contributed by atoms with Crippen LogP contribution in [-0.2, 0) is 11.3 Å². The average Bonchev–Trinajstić information content (AvgIpc) is 3.08. The van der Waals surface area contributed by atoms with Crippen LogP contribution in [0.4, 0.5) is 10.1 Å². The maximum absolute atomic E-state index is 13.3. The molecule has 0 radical (unpaired) electrons. The molecule has 0 saturated heterocycles. The predicted octanol–water partition coefficient (Wildman–Crippen LogP) is 2.98. The van der Waals surface area contributed by atoms with Crippen LogP contribution in [0, 0.1) is 19.7 Å². The van der Waals surface area contributed by atoms with E-state index in [-0.39, 0.29) is 12.1 Å². The minimum atomic E-state index is -0.458. The summed E-state index contributed by atoms with van der Waals surface area (Å²) in [6.07, 6.45) is 2.77. The van der Waals surface area contributed by atoms with Gasteiger partial charge in [-0.1, -0.05) is 23.8 Å². The van der Waals surface area contributed by atoms with Crippen molar-refractivity contribution in [1.29, 1.82) is 0 Å². The number of hydrogen-bond donors (Lipinski definition) is 1. The molecule has 0 spiro atoms. The van der Waals surface area contributed by atoms with Crippen molar-refractivity contribution in [3.05, 3.63) is 82.3 Å². The van der Waals surface area contributed by atoms with E-state index in [9.17, 15) is 14.0 Å². The SMILES string of the molecule is Cc1ccc(-n2ncc3c(=O)n(CC(=O)Nc4cccc(F)c4)cnc32)c(C)c1. The first kappa shape index (κ1) is 18.5. The molecule has 2 aromatic heterocycles. The van der Waals surface area contributed by atoms with Gasteiger partial charge in [-0.15, -0.1) is 0 Å². The quantitative estimate of drug-likeness (QED) is 0.580. The largest absolute Gasteiger partial charge is 0.324 e. The molecular formula is C21H18FN5O2. The molecule has 8 heteroatoms. The van der Waals surface area contributed by atoms with Crippen LogP contribution >= 0.6 is 0 Å². The molecule has 2 aromatic carbocycles. The summed E-state index contributed by atoms with van der Waals surface area (Å²) >= 11 is 0. The van der Waals surface area contributed by atoms with Crippen molar-refractivity contribution in [2.24, 2.45) is 0 Å². The second-order valence-electron chi connectivity index (χ2n) is 6.82. The molecule has 0 atom stereocenters. The molecule has 0 aliphatic carbocycles. The van der Waals surface area contributed by atoms with E-state index in [4.69, 9.17) is 0 Å². The van der Waals surface area contributed by atoms with E-state index in [0.29, 0.717) is 16.7 Å². The molecule has 4 rings (SSSR count). The number of fused-ring (bicyclic) bond motifs is 1. The number of benzene rings is 2. The van der Waals surface area contributed by atoms with Crippen LogP contribution in [0.25, 0.3) is 16.7 Å².